The van der Waals surface area contributed by atoms with E-state index in [0.717, 1.165) is 31.7 Å². The molecule has 0 aromatic heterocycles. The highest BCUT2D eigenvalue weighted by Gasteiger charge is 2.43. The first-order valence-electron chi connectivity index (χ1n) is 7.85. The van der Waals surface area contributed by atoms with Gasteiger partial charge in [-0.2, -0.15) is 5.26 Å². The molecule has 0 saturated heterocycles. The maximum absolute atomic E-state index is 8.88. The summed E-state index contributed by atoms with van der Waals surface area (Å²) in [5.41, 5.74) is 2.59. The lowest BCUT2D eigenvalue weighted by atomic mass is 10.1. The van der Waals surface area contributed by atoms with Crippen LogP contribution in [-0.4, -0.2) is 13.2 Å². The lowest BCUT2D eigenvalue weighted by Gasteiger charge is -2.17. The molecule has 1 fully saturated rings. The van der Waals surface area contributed by atoms with Crippen molar-refractivity contribution >= 4 is 0 Å². The zero-order valence-electron chi connectivity index (χ0n) is 13.4. The van der Waals surface area contributed by atoms with Crippen molar-refractivity contribution in [3.05, 3.63) is 29.3 Å². The molecule has 2 rings (SSSR count). The zero-order valence-corrected chi connectivity index (χ0v) is 13.4. The lowest BCUT2D eigenvalue weighted by Crippen LogP contribution is -2.20. The third-order valence-corrected chi connectivity index (χ3v) is 4.03. The fourth-order valence-corrected chi connectivity index (χ4v) is 2.43. The zero-order chi connectivity index (χ0) is 15.3. The highest BCUT2D eigenvalue weighted by atomic mass is 16.5. The van der Waals surface area contributed by atoms with E-state index in [1.54, 1.807) is 0 Å². The van der Waals surface area contributed by atoms with Gasteiger partial charge < -0.3 is 10.1 Å². The number of nitrogens with one attached hydrogen (secondary N) is 1. The molecule has 1 aliphatic carbocycles. The van der Waals surface area contributed by atoms with Crippen LogP contribution in [0.5, 0.6) is 5.75 Å². The maximum Gasteiger partial charge on any atom is 0.123 e. The first-order valence-corrected chi connectivity index (χ1v) is 7.85. The molecule has 1 aliphatic rings. The summed E-state index contributed by atoms with van der Waals surface area (Å²) in [6.45, 7) is 9.03. The van der Waals surface area contributed by atoms with E-state index in [-0.39, 0.29) is 5.41 Å². The van der Waals surface area contributed by atoms with Gasteiger partial charge in [-0.15, -0.1) is 0 Å². The summed E-state index contributed by atoms with van der Waals surface area (Å²) >= 11 is 0. The van der Waals surface area contributed by atoms with E-state index in [0.29, 0.717) is 18.9 Å². The molecule has 0 radical (unpaired) electrons. The van der Waals surface area contributed by atoms with Crippen molar-refractivity contribution in [3.8, 4) is 11.8 Å². The number of benzene rings is 1. The van der Waals surface area contributed by atoms with Crippen LogP contribution in [0.25, 0.3) is 0 Å². The van der Waals surface area contributed by atoms with Crippen molar-refractivity contribution in [1.29, 1.82) is 5.26 Å². The predicted octanol–water partition coefficient (Wildman–Crippen LogP) is 3.81. The van der Waals surface area contributed by atoms with Crippen molar-refractivity contribution in [3.63, 3.8) is 0 Å². The van der Waals surface area contributed by atoms with Crippen molar-refractivity contribution in [2.24, 2.45) is 11.3 Å². The van der Waals surface area contributed by atoms with Crippen LogP contribution in [-0.2, 0) is 6.54 Å². The molecule has 0 spiro atoms. The smallest absolute Gasteiger partial charge is 0.123 e. The largest absolute Gasteiger partial charge is 0.493 e. The fraction of sp³-hybridized carbons (Fsp3) is 0.611. The number of nitrogens with zero attached hydrogens (tertiary/aromatic N) is 1. The molecule has 3 nitrogen and oxygen atoms in total. The number of rotatable bonds is 8. The van der Waals surface area contributed by atoms with E-state index in [1.165, 1.54) is 11.1 Å². The van der Waals surface area contributed by atoms with Gasteiger partial charge in [0, 0.05) is 23.9 Å². The van der Waals surface area contributed by atoms with E-state index in [9.17, 15) is 0 Å². The van der Waals surface area contributed by atoms with Crippen molar-refractivity contribution in [2.45, 2.75) is 46.6 Å². The molecule has 0 bridgehead atoms. The Morgan fingerprint density at radius 3 is 2.76 bits per heavy atom. The van der Waals surface area contributed by atoms with Crippen LogP contribution in [0, 0.1) is 29.6 Å². The van der Waals surface area contributed by atoms with Gasteiger partial charge in [-0.1, -0.05) is 31.5 Å². The van der Waals surface area contributed by atoms with Crippen LogP contribution in [0.2, 0.25) is 0 Å². The van der Waals surface area contributed by atoms with Gasteiger partial charge in [0.25, 0.3) is 0 Å². The van der Waals surface area contributed by atoms with Crippen molar-refractivity contribution in [2.75, 3.05) is 13.2 Å². The lowest BCUT2D eigenvalue weighted by molar-refractivity contribution is 0.234. The van der Waals surface area contributed by atoms with Crippen LogP contribution >= 0.6 is 0 Å². The van der Waals surface area contributed by atoms with Gasteiger partial charge in [0.1, 0.15) is 5.75 Å². The summed E-state index contributed by atoms with van der Waals surface area (Å²) in [7, 11) is 0. The third-order valence-electron chi connectivity index (χ3n) is 4.03. The molecule has 1 aromatic rings. The topological polar surface area (TPSA) is 45.0 Å². The monoisotopic (exact) mass is 286 g/mol. The van der Waals surface area contributed by atoms with Crippen LogP contribution < -0.4 is 10.1 Å². The fourth-order valence-electron chi connectivity index (χ4n) is 2.43. The van der Waals surface area contributed by atoms with Gasteiger partial charge in [-0.25, -0.2) is 0 Å². The molecule has 3 heteroatoms. The second-order valence-corrected chi connectivity index (χ2v) is 6.76. The summed E-state index contributed by atoms with van der Waals surface area (Å²) < 4.78 is 6.04. The Hall–Kier alpha value is -1.53. The Labute approximate surface area is 128 Å². The Bertz CT molecular complexity index is 512. The molecule has 1 N–H and O–H groups in total. The highest BCUT2D eigenvalue weighted by Crippen LogP contribution is 2.48. The molecular formula is C18H26N2O. The summed E-state index contributed by atoms with van der Waals surface area (Å²) in [4.78, 5) is 0. The van der Waals surface area contributed by atoms with Crippen LogP contribution in [0.3, 0.4) is 0 Å². The Morgan fingerprint density at radius 1 is 1.38 bits per heavy atom. The molecular weight excluding hydrogens is 260 g/mol. The minimum atomic E-state index is 0.127. The summed E-state index contributed by atoms with van der Waals surface area (Å²) in [6, 6.07) is 8.62. The number of ether oxygens (including phenoxy) is 1. The standard InChI is InChI=1S/C18H26N2O/c1-14(2)11-20-12-16-10-15(3)4-5-17(16)21-13-18(6-7-18)8-9-19/h4-5,10,14,20H,6-8,11-13H2,1-3H3. The van der Waals surface area contributed by atoms with Gasteiger partial charge in [-0.05, 0) is 38.3 Å². The minimum Gasteiger partial charge on any atom is -0.493 e. The van der Waals surface area contributed by atoms with Crippen LogP contribution in [0.4, 0.5) is 0 Å². The second kappa shape index (κ2) is 6.95. The molecule has 21 heavy (non-hydrogen) atoms. The first kappa shape index (κ1) is 15.9. The maximum atomic E-state index is 8.88. The average molecular weight is 286 g/mol. The second-order valence-electron chi connectivity index (χ2n) is 6.76. The van der Waals surface area contributed by atoms with Gasteiger partial charge >= 0.3 is 0 Å². The van der Waals surface area contributed by atoms with Crippen LogP contribution in [0.15, 0.2) is 18.2 Å². The number of hydrogen-bond donors (Lipinski definition) is 1. The summed E-state index contributed by atoms with van der Waals surface area (Å²) in [5, 5.41) is 12.4. The average Bonchev–Trinajstić information content (AvgIpc) is 3.18. The molecule has 0 unspecified atom stereocenters. The van der Waals surface area contributed by atoms with Crippen molar-refractivity contribution in [1.82, 2.24) is 5.32 Å². The highest BCUT2D eigenvalue weighted by molar-refractivity contribution is 5.37. The number of hydrogen-bond acceptors (Lipinski definition) is 3. The van der Waals surface area contributed by atoms with Gasteiger partial charge in [-0.3, -0.25) is 0 Å². The van der Waals surface area contributed by atoms with Crippen LogP contribution in [0.1, 0.15) is 44.2 Å². The molecule has 0 aliphatic heterocycles. The van der Waals surface area contributed by atoms with E-state index >= 15 is 0 Å². The molecule has 114 valence electrons. The molecule has 0 amide bonds. The predicted molar refractivity (Wildman–Crippen MR) is 85.1 cm³/mol. The van der Waals surface area contributed by atoms with Crippen molar-refractivity contribution < 1.29 is 4.74 Å². The van der Waals surface area contributed by atoms with Gasteiger partial charge in [0.2, 0.25) is 0 Å². The van der Waals surface area contributed by atoms with Gasteiger partial charge in [0.15, 0.2) is 0 Å². The Morgan fingerprint density at radius 2 is 2.14 bits per heavy atom. The van der Waals surface area contributed by atoms with E-state index < -0.39 is 0 Å². The Kier molecular flexibility index (Phi) is 5.25. The summed E-state index contributed by atoms with van der Waals surface area (Å²) in [6.07, 6.45) is 2.85. The minimum absolute atomic E-state index is 0.127. The molecule has 1 aromatic carbocycles. The Balaban J connectivity index is 1.96. The quantitative estimate of drug-likeness (QED) is 0.790. The van der Waals surface area contributed by atoms with Gasteiger partial charge in [0.05, 0.1) is 12.7 Å². The number of aryl methyl sites for hydroxylation is 1. The number of nitriles is 1. The first-order chi connectivity index (χ1) is 10.0. The summed E-state index contributed by atoms with van der Waals surface area (Å²) in [5.74, 6) is 1.60. The molecule has 0 atom stereocenters. The molecule has 0 heterocycles. The normalized spacial score (nSPS) is 15.8. The SMILES string of the molecule is Cc1ccc(OCC2(CC#N)CC2)c(CNCC(C)C)c1. The van der Waals surface area contributed by atoms with E-state index in [4.69, 9.17) is 10.00 Å². The molecule has 1 saturated carbocycles. The van der Waals surface area contributed by atoms with E-state index in [1.807, 2.05) is 0 Å². The van der Waals surface area contributed by atoms with E-state index in [2.05, 4.69) is 50.4 Å². The third kappa shape index (κ3) is 4.75.